The predicted octanol–water partition coefficient (Wildman–Crippen LogP) is 2.99. The van der Waals surface area contributed by atoms with Gasteiger partial charge in [0.2, 0.25) is 5.91 Å². The van der Waals surface area contributed by atoms with Crippen molar-refractivity contribution in [2.24, 2.45) is 5.92 Å². The molecule has 7 heteroatoms. The topological polar surface area (TPSA) is 79.5 Å². The molecule has 2 fully saturated rings. The van der Waals surface area contributed by atoms with Gasteiger partial charge in [0, 0.05) is 30.3 Å². The zero-order valence-electron chi connectivity index (χ0n) is 15.5. The fourth-order valence-corrected chi connectivity index (χ4v) is 3.78. The van der Waals surface area contributed by atoms with Gasteiger partial charge >= 0.3 is 0 Å². The van der Waals surface area contributed by atoms with Crippen molar-refractivity contribution in [1.82, 2.24) is 10.6 Å². The molecule has 1 unspecified atom stereocenters. The molecule has 1 heterocycles. The van der Waals surface area contributed by atoms with Crippen molar-refractivity contribution in [3.8, 4) is 0 Å². The summed E-state index contributed by atoms with van der Waals surface area (Å²) in [6.45, 7) is 1.31. The second-order valence-electron chi connectivity index (χ2n) is 7.20. The van der Waals surface area contributed by atoms with E-state index in [2.05, 4.69) is 16.0 Å². The summed E-state index contributed by atoms with van der Waals surface area (Å²) in [5, 5.41) is 8.97. The number of anilines is 1. The van der Waals surface area contributed by atoms with E-state index in [9.17, 15) is 9.59 Å². The first-order valence-electron chi connectivity index (χ1n) is 9.73. The van der Waals surface area contributed by atoms with Gasteiger partial charge in [-0.1, -0.05) is 19.3 Å². The number of nitrogens with one attached hydrogen (secondary N) is 3. The van der Waals surface area contributed by atoms with Gasteiger partial charge in [-0.25, -0.2) is 0 Å². The number of ether oxygens (including phenoxy) is 1. The summed E-state index contributed by atoms with van der Waals surface area (Å²) in [6, 6.07) is 7.03. The van der Waals surface area contributed by atoms with E-state index >= 15 is 0 Å². The van der Waals surface area contributed by atoms with Crippen molar-refractivity contribution in [3.05, 3.63) is 29.8 Å². The van der Waals surface area contributed by atoms with Crippen molar-refractivity contribution < 1.29 is 14.3 Å². The summed E-state index contributed by atoms with van der Waals surface area (Å²) in [7, 11) is 0. The van der Waals surface area contributed by atoms with Crippen molar-refractivity contribution in [2.75, 3.05) is 18.5 Å². The average Bonchev–Trinajstić information content (AvgIpc) is 3.21. The van der Waals surface area contributed by atoms with Crippen LogP contribution in [-0.4, -0.2) is 36.2 Å². The highest BCUT2D eigenvalue weighted by Gasteiger charge is 2.21. The Bertz CT molecular complexity index is 666. The molecule has 6 nitrogen and oxygen atoms in total. The predicted molar refractivity (Wildman–Crippen MR) is 109 cm³/mol. The molecule has 0 spiro atoms. The van der Waals surface area contributed by atoms with Gasteiger partial charge in [0.05, 0.1) is 6.10 Å². The summed E-state index contributed by atoms with van der Waals surface area (Å²) in [5.74, 6) is -0.0593. The number of thiocarbonyl (C=S) groups is 1. The van der Waals surface area contributed by atoms with E-state index in [1.165, 1.54) is 6.42 Å². The average molecular weight is 390 g/mol. The zero-order chi connectivity index (χ0) is 19.1. The SMILES string of the molecule is O=C(NCC1CCCO1)c1ccc(NC(=S)NC(=O)C2CCCCC2)cc1. The Morgan fingerprint density at radius 1 is 1.04 bits per heavy atom. The molecular formula is C20H27N3O3S. The smallest absolute Gasteiger partial charge is 0.251 e. The van der Waals surface area contributed by atoms with Gasteiger partial charge in [-0.15, -0.1) is 0 Å². The van der Waals surface area contributed by atoms with Crippen LogP contribution in [0.3, 0.4) is 0 Å². The van der Waals surface area contributed by atoms with E-state index in [0.29, 0.717) is 17.2 Å². The maximum atomic E-state index is 12.2. The molecule has 0 bridgehead atoms. The number of rotatable bonds is 5. The lowest BCUT2D eigenvalue weighted by Crippen LogP contribution is -2.39. The van der Waals surface area contributed by atoms with Gasteiger partial charge in [-0.05, 0) is 62.2 Å². The first-order valence-corrected chi connectivity index (χ1v) is 10.1. The van der Waals surface area contributed by atoms with Crippen LogP contribution in [0.15, 0.2) is 24.3 Å². The van der Waals surface area contributed by atoms with Crippen LogP contribution in [0.1, 0.15) is 55.3 Å². The summed E-state index contributed by atoms with van der Waals surface area (Å²) >= 11 is 5.23. The molecule has 3 N–H and O–H groups in total. The number of hydrogen-bond donors (Lipinski definition) is 3. The van der Waals surface area contributed by atoms with Crippen molar-refractivity contribution >= 4 is 34.8 Å². The van der Waals surface area contributed by atoms with Crippen molar-refractivity contribution in [2.45, 2.75) is 51.0 Å². The Morgan fingerprint density at radius 2 is 1.78 bits per heavy atom. The number of carbonyl (C=O) groups is 2. The minimum Gasteiger partial charge on any atom is -0.376 e. The third-order valence-corrected chi connectivity index (χ3v) is 5.34. The largest absolute Gasteiger partial charge is 0.376 e. The second kappa shape index (κ2) is 9.80. The van der Waals surface area contributed by atoms with Gasteiger partial charge in [-0.2, -0.15) is 0 Å². The number of carbonyl (C=O) groups excluding carboxylic acids is 2. The highest BCUT2D eigenvalue weighted by molar-refractivity contribution is 7.80. The lowest BCUT2D eigenvalue weighted by molar-refractivity contribution is -0.124. The molecule has 146 valence electrons. The van der Waals surface area contributed by atoms with Crippen LogP contribution in [-0.2, 0) is 9.53 Å². The van der Waals surface area contributed by atoms with Crippen LogP contribution in [0.5, 0.6) is 0 Å². The van der Waals surface area contributed by atoms with Gasteiger partial charge in [0.1, 0.15) is 0 Å². The molecule has 1 aromatic carbocycles. The Kier molecular flexibility index (Phi) is 7.18. The second-order valence-corrected chi connectivity index (χ2v) is 7.61. The Labute approximate surface area is 165 Å². The van der Waals surface area contributed by atoms with E-state index < -0.39 is 0 Å². The molecule has 1 aliphatic heterocycles. The standard InChI is InChI=1S/C20H27N3O3S/c24-18(21-13-17-7-4-12-26-17)15-8-10-16(11-9-15)22-20(27)23-19(25)14-5-2-1-3-6-14/h8-11,14,17H,1-7,12-13H2,(H,21,24)(H2,22,23,25,27). The number of hydrogen-bond acceptors (Lipinski definition) is 4. The minimum absolute atomic E-state index is 0.00247. The fraction of sp³-hybridized carbons (Fsp3) is 0.550. The molecule has 1 saturated heterocycles. The molecule has 3 rings (SSSR count). The lowest BCUT2D eigenvalue weighted by atomic mass is 9.89. The third kappa shape index (κ3) is 6.01. The molecule has 0 radical (unpaired) electrons. The molecule has 1 saturated carbocycles. The first-order chi connectivity index (χ1) is 13.1. The van der Waals surface area contributed by atoms with Crippen LogP contribution in [0, 0.1) is 5.92 Å². The number of benzene rings is 1. The molecule has 2 aliphatic rings. The quantitative estimate of drug-likeness (QED) is 0.675. The molecule has 1 aromatic rings. The molecule has 2 amide bonds. The Hall–Kier alpha value is -1.99. The lowest BCUT2D eigenvalue weighted by Gasteiger charge is -2.21. The Morgan fingerprint density at radius 3 is 2.44 bits per heavy atom. The summed E-state index contributed by atoms with van der Waals surface area (Å²) in [5.41, 5.74) is 1.32. The maximum Gasteiger partial charge on any atom is 0.251 e. The van der Waals surface area contributed by atoms with Crippen LogP contribution in [0.25, 0.3) is 0 Å². The summed E-state index contributed by atoms with van der Waals surface area (Å²) in [4.78, 5) is 24.4. The van der Waals surface area contributed by atoms with Gasteiger partial charge in [0.25, 0.3) is 5.91 Å². The van der Waals surface area contributed by atoms with Gasteiger partial charge in [0.15, 0.2) is 5.11 Å². The normalized spacial score (nSPS) is 20.1. The highest BCUT2D eigenvalue weighted by atomic mass is 32.1. The first kappa shape index (κ1) is 19.8. The van der Waals surface area contributed by atoms with Crippen molar-refractivity contribution in [1.29, 1.82) is 0 Å². The van der Waals surface area contributed by atoms with E-state index in [0.717, 1.165) is 50.8 Å². The molecule has 1 aliphatic carbocycles. The van der Waals surface area contributed by atoms with Gasteiger partial charge in [-0.3, -0.25) is 9.59 Å². The van der Waals surface area contributed by atoms with E-state index in [-0.39, 0.29) is 23.8 Å². The van der Waals surface area contributed by atoms with Crippen molar-refractivity contribution in [3.63, 3.8) is 0 Å². The maximum absolute atomic E-state index is 12.2. The summed E-state index contributed by atoms with van der Waals surface area (Å²) in [6.07, 6.45) is 7.46. The van der Waals surface area contributed by atoms with Crippen LogP contribution < -0.4 is 16.0 Å². The monoisotopic (exact) mass is 389 g/mol. The minimum atomic E-state index is -0.120. The van der Waals surface area contributed by atoms with E-state index in [4.69, 9.17) is 17.0 Å². The zero-order valence-corrected chi connectivity index (χ0v) is 16.3. The van der Waals surface area contributed by atoms with Crippen LogP contribution in [0.4, 0.5) is 5.69 Å². The molecule has 0 aromatic heterocycles. The highest BCUT2D eigenvalue weighted by Crippen LogP contribution is 2.23. The van der Waals surface area contributed by atoms with Crippen LogP contribution in [0.2, 0.25) is 0 Å². The van der Waals surface area contributed by atoms with E-state index in [1.54, 1.807) is 24.3 Å². The van der Waals surface area contributed by atoms with Crippen LogP contribution >= 0.6 is 12.2 Å². The molecule has 27 heavy (non-hydrogen) atoms. The summed E-state index contributed by atoms with van der Waals surface area (Å²) < 4.78 is 5.50. The van der Waals surface area contributed by atoms with E-state index in [1.807, 2.05) is 0 Å². The third-order valence-electron chi connectivity index (χ3n) is 5.13. The molecule has 1 atom stereocenters. The number of amides is 2. The Balaban J connectivity index is 1.44. The fourth-order valence-electron chi connectivity index (χ4n) is 3.56. The van der Waals surface area contributed by atoms with Gasteiger partial charge < -0.3 is 20.7 Å². The molecular weight excluding hydrogens is 362 g/mol.